The van der Waals surface area contributed by atoms with E-state index in [1.165, 1.54) is 75.7 Å². The molecular formula is C59H51N4OPt-3. The maximum Gasteiger partial charge on any atom is 0.135 e. The molecule has 3 heterocycles. The number of rotatable bonds is 6. The smallest absolute Gasteiger partial charge is 0.135 e. The molecule has 65 heavy (non-hydrogen) atoms. The summed E-state index contributed by atoms with van der Waals surface area (Å²) in [4.78, 5) is 9.60. The molecule has 0 unspecified atom stereocenters. The van der Waals surface area contributed by atoms with Crippen LogP contribution in [-0.4, -0.2) is 16.6 Å². The van der Waals surface area contributed by atoms with Gasteiger partial charge in [-0.3, -0.25) is 0 Å². The van der Waals surface area contributed by atoms with Gasteiger partial charge in [-0.1, -0.05) is 111 Å². The van der Waals surface area contributed by atoms with Crippen molar-refractivity contribution in [2.75, 3.05) is 16.8 Å². The van der Waals surface area contributed by atoms with Gasteiger partial charge in [0.15, 0.2) is 0 Å². The second kappa shape index (κ2) is 15.1. The van der Waals surface area contributed by atoms with Crippen LogP contribution in [-0.2, 0) is 31.9 Å². The van der Waals surface area contributed by atoms with Gasteiger partial charge >= 0.3 is 0 Å². The number of benzene rings is 7. The first-order chi connectivity index (χ1) is 31.2. The van der Waals surface area contributed by atoms with E-state index in [0.29, 0.717) is 23.3 Å². The minimum absolute atomic E-state index is 0. The van der Waals surface area contributed by atoms with Crippen LogP contribution < -0.4 is 14.5 Å². The Kier molecular flexibility index (Phi) is 9.41. The first-order valence-corrected chi connectivity index (χ1v) is 23.3. The van der Waals surface area contributed by atoms with E-state index >= 15 is 0 Å². The van der Waals surface area contributed by atoms with Crippen molar-refractivity contribution in [3.8, 4) is 17.3 Å². The molecule has 0 radical (unpaired) electrons. The predicted molar refractivity (Wildman–Crippen MR) is 262 cm³/mol. The summed E-state index contributed by atoms with van der Waals surface area (Å²) in [6.07, 6.45) is 8.69. The largest absolute Gasteiger partial charge is 0.509 e. The number of aromatic nitrogens is 2. The van der Waals surface area contributed by atoms with E-state index in [-0.39, 0.29) is 31.9 Å². The molecule has 9 aromatic rings. The molecule has 4 saturated carbocycles. The zero-order valence-electron chi connectivity index (χ0n) is 37.3. The number of hydrogen-bond acceptors (Lipinski definition) is 4. The molecular weight excluding hydrogens is 976 g/mol. The number of hydrogen-bond donors (Lipinski definition) is 0. The second-order valence-corrected chi connectivity index (χ2v) is 20.3. The predicted octanol–water partition coefficient (Wildman–Crippen LogP) is 14.6. The Balaban J connectivity index is 0.00000444. The van der Waals surface area contributed by atoms with Crippen LogP contribution >= 0.6 is 0 Å². The Morgan fingerprint density at radius 2 is 1.35 bits per heavy atom. The zero-order chi connectivity index (χ0) is 42.9. The van der Waals surface area contributed by atoms with E-state index in [4.69, 9.17) is 9.72 Å². The fourth-order valence-corrected chi connectivity index (χ4v) is 13.1. The van der Waals surface area contributed by atoms with Crippen molar-refractivity contribution in [2.45, 2.75) is 63.7 Å². The van der Waals surface area contributed by atoms with Crippen LogP contribution in [0.5, 0.6) is 11.5 Å². The molecule has 0 N–H and O–H groups in total. The average molecular weight is 1030 g/mol. The summed E-state index contributed by atoms with van der Waals surface area (Å²) >= 11 is 0. The monoisotopic (exact) mass is 1030 g/mol. The van der Waals surface area contributed by atoms with Crippen molar-refractivity contribution in [1.29, 1.82) is 0 Å². The van der Waals surface area contributed by atoms with Gasteiger partial charge in [0.1, 0.15) is 5.82 Å². The first kappa shape index (κ1) is 40.6. The third kappa shape index (κ3) is 6.25. The number of pyridine rings is 1. The fourth-order valence-electron chi connectivity index (χ4n) is 13.1. The van der Waals surface area contributed by atoms with Gasteiger partial charge in [0, 0.05) is 61.1 Å². The summed E-state index contributed by atoms with van der Waals surface area (Å²) in [5, 5.41) is 7.69. The van der Waals surface area contributed by atoms with Crippen molar-refractivity contribution in [3.05, 3.63) is 181 Å². The van der Waals surface area contributed by atoms with Gasteiger partial charge in [0.05, 0.1) is 0 Å². The molecule has 1 aliphatic heterocycles. The van der Waals surface area contributed by atoms with Crippen LogP contribution in [0.2, 0.25) is 0 Å². The van der Waals surface area contributed by atoms with Crippen molar-refractivity contribution >= 4 is 60.4 Å². The molecule has 0 saturated heterocycles. The van der Waals surface area contributed by atoms with Crippen LogP contribution in [0, 0.1) is 42.5 Å². The second-order valence-electron chi connectivity index (χ2n) is 20.3. The number of fused-ring (bicyclic) bond motifs is 7. The van der Waals surface area contributed by atoms with Crippen molar-refractivity contribution in [3.63, 3.8) is 0 Å². The minimum atomic E-state index is -0.114. The van der Waals surface area contributed by atoms with E-state index in [1.54, 1.807) is 0 Å². The zero-order valence-corrected chi connectivity index (χ0v) is 39.6. The van der Waals surface area contributed by atoms with Gasteiger partial charge in [0.2, 0.25) is 0 Å². The standard InChI is InChI=1S/C59H51N4O.Pt/c1-58(2,3)41-31-44(62-36-61(4)54-18-9-10-19-55(54)62)34-46(32-41)64-45-21-23-51-50-14-7-8-17-53(50)63(56(51)35-45)57-33-40(24-25-60-57)59(42-27-37-26-38(29-42)30-43(59)28-37)52-16-11-15-48-47-13-6-5-12-39(47)20-22-49(48)52;/h5-25,31-33,36-38,42-43H,26-30H2,1-4H3;/q-3;. The van der Waals surface area contributed by atoms with Crippen molar-refractivity contribution in [1.82, 2.24) is 9.55 Å². The van der Waals surface area contributed by atoms with Gasteiger partial charge < -0.3 is 19.1 Å². The van der Waals surface area contributed by atoms with E-state index in [0.717, 1.165) is 51.1 Å². The molecule has 0 spiro atoms. The van der Waals surface area contributed by atoms with Gasteiger partial charge in [-0.15, -0.1) is 47.0 Å². The summed E-state index contributed by atoms with van der Waals surface area (Å²) < 4.78 is 9.18. The minimum Gasteiger partial charge on any atom is -0.509 e. The van der Waals surface area contributed by atoms with Crippen LogP contribution in [0.3, 0.4) is 0 Å². The molecule has 4 aliphatic carbocycles. The third-order valence-corrected chi connectivity index (χ3v) is 15.7. The maximum absolute atomic E-state index is 6.85. The summed E-state index contributed by atoms with van der Waals surface area (Å²) in [6.45, 7) is 8.87. The Hall–Kier alpha value is -5.90. The van der Waals surface area contributed by atoms with E-state index < -0.39 is 0 Å². The molecule has 14 rings (SSSR count). The third-order valence-electron chi connectivity index (χ3n) is 15.7. The van der Waals surface area contributed by atoms with E-state index in [1.807, 2.05) is 0 Å². The summed E-state index contributed by atoms with van der Waals surface area (Å²) in [7, 11) is 2.09. The Morgan fingerprint density at radius 3 is 2.15 bits per heavy atom. The molecule has 0 amide bonds. The Morgan fingerprint density at radius 1 is 0.646 bits per heavy atom. The van der Waals surface area contributed by atoms with Gasteiger partial charge in [0.25, 0.3) is 0 Å². The molecule has 2 aromatic heterocycles. The number of anilines is 3. The topological polar surface area (TPSA) is 33.5 Å². The summed E-state index contributed by atoms with van der Waals surface area (Å²) in [6, 6.07) is 58.9. The van der Waals surface area contributed by atoms with Crippen LogP contribution in [0.15, 0.2) is 146 Å². The Bertz CT molecular complexity index is 3320. The van der Waals surface area contributed by atoms with Crippen LogP contribution in [0.25, 0.3) is 49.2 Å². The molecule has 4 bridgehead atoms. The van der Waals surface area contributed by atoms with Gasteiger partial charge in [-0.2, -0.15) is 12.7 Å². The summed E-state index contributed by atoms with van der Waals surface area (Å²) in [5.74, 6) is 5.06. The van der Waals surface area contributed by atoms with Crippen LogP contribution in [0.4, 0.5) is 17.1 Å². The first-order valence-electron chi connectivity index (χ1n) is 23.3. The molecule has 6 heteroatoms. The molecule has 5 nitrogen and oxygen atoms in total. The SMILES string of the molecule is CN1[CH-]N(c2[c-]c(Oc3[c-]c4c(cc3)c3ccccc3n4-c3cc(C4(c5cccc6c5ccc5ccccc56)C5CC6CC(C5)CC4C6)ccn3)cc(C(C)(C)C)c2)c2ccccc21.[Pt]. The number of para-hydroxylation sites is 3. The fraction of sp³-hybridized carbons (Fsp3) is 0.254. The number of ether oxygens (including phenoxy) is 1. The molecule has 0 atom stereocenters. The molecule has 4 fully saturated rings. The van der Waals surface area contributed by atoms with Gasteiger partial charge in [-0.25, -0.2) is 4.98 Å². The number of nitrogens with zero attached hydrogens (tertiary/aromatic N) is 4. The quantitative estimate of drug-likeness (QED) is 0.123. The molecule has 326 valence electrons. The van der Waals surface area contributed by atoms with Crippen LogP contribution in [0.1, 0.15) is 69.6 Å². The van der Waals surface area contributed by atoms with Crippen molar-refractivity contribution < 1.29 is 25.8 Å². The maximum atomic E-state index is 6.85. The Labute approximate surface area is 396 Å². The van der Waals surface area contributed by atoms with Gasteiger partial charge in [-0.05, 0) is 137 Å². The molecule has 5 aliphatic rings. The van der Waals surface area contributed by atoms with E-state index in [2.05, 4.69) is 207 Å². The summed E-state index contributed by atoms with van der Waals surface area (Å²) in [5.41, 5.74) is 9.13. The van der Waals surface area contributed by atoms with Crippen molar-refractivity contribution in [2.24, 2.45) is 23.7 Å². The normalized spacial score (nSPS) is 22.3. The molecule has 7 aromatic carbocycles. The average Bonchev–Trinajstić information content (AvgIpc) is 3.82. The van der Waals surface area contributed by atoms with E-state index in [9.17, 15) is 0 Å².